The number of hydrogen-bond acceptors (Lipinski definition) is 2. The molecule has 1 fully saturated rings. The first-order valence-electron chi connectivity index (χ1n) is 5.09. The van der Waals surface area contributed by atoms with Gasteiger partial charge in [0, 0.05) is 24.9 Å². The number of fused-ring (bicyclic) bond motifs is 2. The van der Waals surface area contributed by atoms with Gasteiger partial charge >= 0.3 is 0 Å². The van der Waals surface area contributed by atoms with Crippen molar-refractivity contribution in [1.29, 1.82) is 0 Å². The van der Waals surface area contributed by atoms with Gasteiger partial charge in [0.2, 0.25) is 5.91 Å². The molecule has 1 saturated carbocycles. The number of carbonyl (C=O) groups is 1. The lowest BCUT2D eigenvalue weighted by Gasteiger charge is -2.09. The van der Waals surface area contributed by atoms with Crippen LogP contribution in [0, 0.1) is 0 Å². The van der Waals surface area contributed by atoms with Crippen molar-refractivity contribution < 1.29 is 15.5 Å². The number of likely N-dealkylation sites (N-methyl/N-ethyl adjacent to an activating group) is 1. The SMILES string of the molecule is CN1C(=O)C2(CC2)c2cc([NH2+]O)ccc21. The Bertz CT molecular complexity index is 452. The molecule has 15 heavy (non-hydrogen) atoms. The average molecular weight is 205 g/mol. The average Bonchev–Trinajstić information content (AvgIpc) is 3.04. The van der Waals surface area contributed by atoms with Crippen molar-refractivity contribution in [3.63, 3.8) is 0 Å². The molecule has 1 aromatic rings. The molecule has 0 radical (unpaired) electrons. The van der Waals surface area contributed by atoms with E-state index in [2.05, 4.69) is 0 Å². The Balaban J connectivity index is 2.20. The first-order valence-corrected chi connectivity index (χ1v) is 5.09. The van der Waals surface area contributed by atoms with Crippen molar-refractivity contribution in [2.45, 2.75) is 18.3 Å². The summed E-state index contributed by atoms with van der Waals surface area (Å²) in [4.78, 5) is 13.7. The predicted molar refractivity (Wildman–Crippen MR) is 54.1 cm³/mol. The van der Waals surface area contributed by atoms with Gasteiger partial charge in [-0.2, -0.15) is 5.48 Å². The van der Waals surface area contributed by atoms with E-state index in [9.17, 15) is 4.79 Å². The van der Waals surface area contributed by atoms with Gasteiger partial charge in [-0.15, -0.1) is 0 Å². The predicted octanol–water partition coefficient (Wildman–Crippen LogP) is 0.279. The minimum absolute atomic E-state index is 0.201. The fourth-order valence-corrected chi connectivity index (χ4v) is 2.46. The van der Waals surface area contributed by atoms with Gasteiger partial charge in [0.25, 0.3) is 0 Å². The van der Waals surface area contributed by atoms with E-state index in [0.29, 0.717) is 0 Å². The van der Waals surface area contributed by atoms with E-state index < -0.39 is 0 Å². The minimum Gasteiger partial charge on any atom is -0.314 e. The molecule has 3 rings (SSSR count). The monoisotopic (exact) mass is 205 g/mol. The Morgan fingerprint density at radius 1 is 1.47 bits per heavy atom. The molecule has 0 saturated heterocycles. The Morgan fingerprint density at radius 3 is 2.80 bits per heavy atom. The van der Waals surface area contributed by atoms with Gasteiger partial charge in [0.05, 0.1) is 5.41 Å². The van der Waals surface area contributed by atoms with Crippen LogP contribution < -0.4 is 10.4 Å². The molecular weight excluding hydrogens is 192 g/mol. The molecule has 3 N–H and O–H groups in total. The van der Waals surface area contributed by atoms with Gasteiger partial charge in [-0.3, -0.25) is 4.79 Å². The van der Waals surface area contributed by atoms with E-state index in [1.165, 1.54) is 0 Å². The van der Waals surface area contributed by atoms with Crippen LogP contribution in [0.3, 0.4) is 0 Å². The van der Waals surface area contributed by atoms with Crippen LogP contribution in [0.5, 0.6) is 0 Å². The summed E-state index contributed by atoms with van der Waals surface area (Å²) in [6.45, 7) is 0. The van der Waals surface area contributed by atoms with Crippen molar-refractivity contribution in [3.8, 4) is 0 Å². The van der Waals surface area contributed by atoms with E-state index in [1.807, 2.05) is 25.2 Å². The Labute approximate surface area is 87.5 Å². The molecule has 0 atom stereocenters. The standard InChI is InChI=1S/C11H12N2O2/c1-13-9-3-2-7(12-15)6-8(9)11(4-5-11)10(13)14/h2-3,6,12,15H,4-5H2,1H3/p+1. The second-order valence-electron chi connectivity index (χ2n) is 4.35. The highest BCUT2D eigenvalue weighted by Gasteiger charge is 2.58. The van der Waals surface area contributed by atoms with Gasteiger partial charge in [0.1, 0.15) is 0 Å². The van der Waals surface area contributed by atoms with Crippen molar-refractivity contribution >= 4 is 17.3 Å². The maximum absolute atomic E-state index is 12.0. The number of carbonyl (C=O) groups excluding carboxylic acids is 1. The van der Waals surface area contributed by atoms with Crippen LogP contribution in [-0.4, -0.2) is 18.2 Å². The van der Waals surface area contributed by atoms with Crippen LogP contribution in [0.4, 0.5) is 11.4 Å². The molecule has 1 amide bonds. The van der Waals surface area contributed by atoms with Gasteiger partial charge in [0.15, 0.2) is 5.69 Å². The van der Waals surface area contributed by atoms with Crippen LogP contribution >= 0.6 is 0 Å². The highest BCUT2D eigenvalue weighted by Crippen LogP contribution is 2.57. The number of benzene rings is 1. The lowest BCUT2D eigenvalue weighted by atomic mass is 9.97. The van der Waals surface area contributed by atoms with E-state index >= 15 is 0 Å². The fraction of sp³-hybridized carbons (Fsp3) is 0.364. The highest BCUT2D eigenvalue weighted by molar-refractivity contribution is 6.09. The summed E-state index contributed by atoms with van der Waals surface area (Å²) in [6.07, 6.45) is 1.89. The maximum atomic E-state index is 12.0. The number of nitrogens with two attached hydrogens (primary N) is 1. The molecule has 1 aliphatic carbocycles. The summed E-state index contributed by atoms with van der Waals surface area (Å²) >= 11 is 0. The number of rotatable bonds is 1. The first-order chi connectivity index (χ1) is 7.19. The number of nitrogens with zero attached hydrogens (tertiary/aromatic N) is 1. The molecule has 4 heteroatoms. The summed E-state index contributed by atoms with van der Waals surface area (Å²) in [5.74, 6) is 0.201. The molecule has 0 unspecified atom stereocenters. The van der Waals surface area contributed by atoms with Crippen LogP contribution in [0.25, 0.3) is 0 Å². The van der Waals surface area contributed by atoms with E-state index in [4.69, 9.17) is 5.21 Å². The lowest BCUT2D eigenvalue weighted by molar-refractivity contribution is -0.825. The van der Waals surface area contributed by atoms with Crippen molar-refractivity contribution in [2.75, 3.05) is 11.9 Å². The summed E-state index contributed by atoms with van der Waals surface area (Å²) in [5.41, 5.74) is 3.67. The van der Waals surface area contributed by atoms with Crippen LogP contribution in [0.2, 0.25) is 0 Å². The van der Waals surface area contributed by atoms with Crippen molar-refractivity contribution in [1.82, 2.24) is 0 Å². The number of quaternary nitrogens is 1. The largest absolute Gasteiger partial charge is 0.314 e. The Kier molecular flexibility index (Phi) is 1.53. The smallest absolute Gasteiger partial charge is 0.237 e. The molecule has 1 aromatic carbocycles. The molecule has 1 spiro atoms. The van der Waals surface area contributed by atoms with E-state index in [0.717, 1.165) is 35.3 Å². The second kappa shape index (κ2) is 2.59. The summed E-state index contributed by atoms with van der Waals surface area (Å²) < 4.78 is 0. The van der Waals surface area contributed by atoms with E-state index in [1.54, 1.807) is 4.90 Å². The zero-order valence-electron chi connectivity index (χ0n) is 8.53. The number of anilines is 1. The molecule has 78 valence electrons. The third-order valence-corrected chi connectivity index (χ3v) is 3.51. The normalized spacial score (nSPS) is 20.9. The summed E-state index contributed by atoms with van der Waals surface area (Å²) in [7, 11) is 1.82. The van der Waals surface area contributed by atoms with Gasteiger partial charge in [-0.1, -0.05) is 0 Å². The van der Waals surface area contributed by atoms with Crippen LogP contribution in [-0.2, 0) is 10.2 Å². The minimum atomic E-state index is -0.247. The molecule has 1 aliphatic heterocycles. The molecule has 4 nitrogen and oxygen atoms in total. The maximum Gasteiger partial charge on any atom is 0.237 e. The molecule has 2 aliphatic rings. The Morgan fingerprint density at radius 2 is 2.20 bits per heavy atom. The van der Waals surface area contributed by atoms with Crippen LogP contribution in [0.15, 0.2) is 18.2 Å². The molecular formula is C11H13N2O2+. The number of hydrogen-bond donors (Lipinski definition) is 2. The summed E-state index contributed by atoms with van der Waals surface area (Å²) in [5, 5.41) is 8.97. The molecule has 0 aromatic heterocycles. The Hall–Kier alpha value is -1.39. The molecule has 1 heterocycles. The summed E-state index contributed by atoms with van der Waals surface area (Å²) in [6, 6.07) is 5.65. The van der Waals surface area contributed by atoms with Crippen molar-refractivity contribution in [3.05, 3.63) is 23.8 Å². The third kappa shape index (κ3) is 0.952. The first kappa shape index (κ1) is 8.88. The lowest BCUT2D eigenvalue weighted by Crippen LogP contribution is -2.73. The van der Waals surface area contributed by atoms with Gasteiger partial charge in [-0.25, -0.2) is 5.21 Å². The zero-order chi connectivity index (χ0) is 10.6. The molecule has 0 bridgehead atoms. The highest BCUT2D eigenvalue weighted by atomic mass is 16.5. The third-order valence-electron chi connectivity index (χ3n) is 3.51. The fourth-order valence-electron chi connectivity index (χ4n) is 2.46. The van der Waals surface area contributed by atoms with Crippen molar-refractivity contribution in [2.24, 2.45) is 0 Å². The second-order valence-corrected chi connectivity index (χ2v) is 4.35. The quantitative estimate of drug-likeness (QED) is 0.511. The number of amides is 1. The topological polar surface area (TPSA) is 57.2 Å². The van der Waals surface area contributed by atoms with E-state index in [-0.39, 0.29) is 11.3 Å². The zero-order valence-corrected chi connectivity index (χ0v) is 8.53. The van der Waals surface area contributed by atoms with Crippen LogP contribution in [0.1, 0.15) is 18.4 Å². The van der Waals surface area contributed by atoms with Gasteiger partial charge < -0.3 is 4.90 Å². The van der Waals surface area contributed by atoms with Gasteiger partial charge in [-0.05, 0) is 24.5 Å².